The number of carbonyl (C=O) groups is 1. The summed E-state index contributed by atoms with van der Waals surface area (Å²) >= 11 is 1.50. The van der Waals surface area contributed by atoms with Crippen molar-refractivity contribution in [1.29, 1.82) is 0 Å². The maximum absolute atomic E-state index is 12.1. The predicted octanol–water partition coefficient (Wildman–Crippen LogP) is 3.36. The second-order valence-electron chi connectivity index (χ2n) is 6.05. The molecule has 1 aliphatic rings. The highest BCUT2D eigenvalue weighted by molar-refractivity contribution is 7.14. The molecule has 0 spiro atoms. The highest BCUT2D eigenvalue weighted by atomic mass is 32.1. The quantitative estimate of drug-likeness (QED) is 0.745. The standard InChI is InChI=1S/C18H18N4O3S/c1-24-14-6-3-2-5-12(14)9-15-19-17(25-21-15)13-10-22(11-13)18(23)20-16-7-4-8-26-16/h2-8,13H,9-11H2,1H3,(H,20,23). The summed E-state index contributed by atoms with van der Waals surface area (Å²) in [5.74, 6) is 2.09. The van der Waals surface area contributed by atoms with Crippen molar-refractivity contribution in [2.45, 2.75) is 12.3 Å². The van der Waals surface area contributed by atoms with Crippen LogP contribution in [0.1, 0.15) is 23.2 Å². The first kappa shape index (κ1) is 16.6. The summed E-state index contributed by atoms with van der Waals surface area (Å²) in [6.45, 7) is 1.15. The first-order valence-electron chi connectivity index (χ1n) is 8.26. The fourth-order valence-corrected chi connectivity index (χ4v) is 3.47. The molecule has 26 heavy (non-hydrogen) atoms. The number of nitrogens with zero attached hydrogens (tertiary/aromatic N) is 3. The Balaban J connectivity index is 1.34. The number of likely N-dealkylation sites (tertiary alicyclic amines) is 1. The summed E-state index contributed by atoms with van der Waals surface area (Å²) in [5, 5.41) is 9.70. The molecule has 2 aromatic heterocycles. The fraction of sp³-hybridized carbons (Fsp3) is 0.278. The third-order valence-corrected chi connectivity index (χ3v) is 5.08. The van der Waals surface area contributed by atoms with Gasteiger partial charge in [0.25, 0.3) is 0 Å². The highest BCUT2D eigenvalue weighted by Crippen LogP contribution is 2.28. The molecule has 0 atom stereocenters. The summed E-state index contributed by atoms with van der Waals surface area (Å²) in [6, 6.07) is 11.4. The second kappa shape index (κ2) is 7.17. The topological polar surface area (TPSA) is 80.5 Å². The molecular weight excluding hydrogens is 352 g/mol. The summed E-state index contributed by atoms with van der Waals surface area (Å²) in [6.07, 6.45) is 0.544. The van der Waals surface area contributed by atoms with E-state index in [0.29, 0.717) is 31.2 Å². The zero-order valence-corrected chi connectivity index (χ0v) is 15.0. The van der Waals surface area contributed by atoms with Crippen molar-refractivity contribution in [2.24, 2.45) is 0 Å². The number of hydrogen-bond acceptors (Lipinski definition) is 6. The van der Waals surface area contributed by atoms with Gasteiger partial charge in [-0.1, -0.05) is 23.4 Å². The van der Waals surface area contributed by atoms with Gasteiger partial charge in [-0.25, -0.2) is 4.79 Å². The van der Waals surface area contributed by atoms with E-state index < -0.39 is 0 Å². The fourth-order valence-electron chi connectivity index (χ4n) is 2.86. The van der Waals surface area contributed by atoms with E-state index >= 15 is 0 Å². The SMILES string of the molecule is COc1ccccc1Cc1noc(C2CN(C(=O)Nc3cccs3)C2)n1. The number of urea groups is 1. The highest BCUT2D eigenvalue weighted by Gasteiger charge is 2.35. The van der Waals surface area contributed by atoms with Crippen LogP contribution in [0.3, 0.4) is 0 Å². The summed E-state index contributed by atoms with van der Waals surface area (Å²) in [5.41, 5.74) is 1.01. The number of methoxy groups -OCH3 is 1. The largest absolute Gasteiger partial charge is 0.496 e. The van der Waals surface area contributed by atoms with Gasteiger partial charge in [-0.3, -0.25) is 5.32 Å². The van der Waals surface area contributed by atoms with Crippen LogP contribution in [0.25, 0.3) is 0 Å². The lowest BCUT2D eigenvalue weighted by Crippen LogP contribution is -2.50. The normalized spacial score (nSPS) is 14.1. The Bertz CT molecular complexity index is 887. The maximum Gasteiger partial charge on any atom is 0.322 e. The van der Waals surface area contributed by atoms with E-state index in [-0.39, 0.29) is 11.9 Å². The van der Waals surface area contributed by atoms with Crippen molar-refractivity contribution in [2.75, 3.05) is 25.5 Å². The van der Waals surface area contributed by atoms with E-state index in [1.807, 2.05) is 41.8 Å². The Hall–Kier alpha value is -2.87. The van der Waals surface area contributed by atoms with E-state index in [9.17, 15) is 4.79 Å². The van der Waals surface area contributed by atoms with Gasteiger partial charge in [-0.05, 0) is 23.6 Å². The maximum atomic E-state index is 12.1. The van der Waals surface area contributed by atoms with Crippen LogP contribution in [0.2, 0.25) is 0 Å². The molecule has 7 nitrogen and oxygen atoms in total. The number of thiophene rings is 1. The zero-order valence-electron chi connectivity index (χ0n) is 14.2. The first-order chi connectivity index (χ1) is 12.7. The molecule has 1 N–H and O–H groups in total. The van der Waals surface area contributed by atoms with Crippen molar-refractivity contribution < 1.29 is 14.1 Å². The molecule has 3 heterocycles. The number of anilines is 1. The van der Waals surface area contributed by atoms with Crippen LogP contribution < -0.4 is 10.1 Å². The summed E-state index contributed by atoms with van der Waals surface area (Å²) in [7, 11) is 1.64. The summed E-state index contributed by atoms with van der Waals surface area (Å²) in [4.78, 5) is 18.3. The number of benzene rings is 1. The molecule has 4 rings (SSSR count). The number of hydrogen-bond donors (Lipinski definition) is 1. The van der Waals surface area contributed by atoms with Crippen molar-refractivity contribution in [3.05, 3.63) is 59.1 Å². The Kier molecular flexibility index (Phi) is 4.57. The van der Waals surface area contributed by atoms with E-state index in [1.54, 1.807) is 12.0 Å². The van der Waals surface area contributed by atoms with Gasteiger partial charge in [-0.2, -0.15) is 4.98 Å². The van der Waals surface area contributed by atoms with Crippen LogP contribution >= 0.6 is 11.3 Å². The number of aromatic nitrogens is 2. The number of carbonyl (C=O) groups excluding carboxylic acids is 1. The smallest absolute Gasteiger partial charge is 0.322 e. The molecule has 1 saturated heterocycles. The average Bonchev–Trinajstić information content (AvgIpc) is 3.26. The molecule has 0 saturated carbocycles. The number of amides is 2. The second-order valence-corrected chi connectivity index (χ2v) is 6.99. The first-order valence-corrected chi connectivity index (χ1v) is 9.14. The van der Waals surface area contributed by atoms with E-state index in [1.165, 1.54) is 11.3 Å². The van der Waals surface area contributed by atoms with Gasteiger partial charge < -0.3 is 14.2 Å². The van der Waals surface area contributed by atoms with Gasteiger partial charge in [-0.15, -0.1) is 11.3 Å². The predicted molar refractivity (Wildman–Crippen MR) is 97.7 cm³/mol. The molecule has 134 valence electrons. The van der Waals surface area contributed by atoms with Gasteiger partial charge >= 0.3 is 6.03 Å². The number of nitrogens with one attached hydrogen (secondary N) is 1. The molecule has 1 aromatic carbocycles. The third-order valence-electron chi connectivity index (χ3n) is 4.29. The molecule has 0 radical (unpaired) electrons. The number of para-hydroxylation sites is 1. The minimum Gasteiger partial charge on any atom is -0.496 e. The lowest BCUT2D eigenvalue weighted by atomic mass is 10.0. The van der Waals surface area contributed by atoms with Crippen molar-refractivity contribution in [3.63, 3.8) is 0 Å². The van der Waals surface area contributed by atoms with Crippen LogP contribution in [0, 0.1) is 0 Å². The third kappa shape index (κ3) is 3.41. The molecule has 1 fully saturated rings. The van der Waals surface area contributed by atoms with Gasteiger partial charge in [0.15, 0.2) is 5.82 Å². The van der Waals surface area contributed by atoms with Gasteiger partial charge in [0.1, 0.15) is 5.75 Å². The average molecular weight is 370 g/mol. The Morgan fingerprint density at radius 3 is 2.96 bits per heavy atom. The summed E-state index contributed by atoms with van der Waals surface area (Å²) < 4.78 is 10.7. The van der Waals surface area contributed by atoms with Crippen molar-refractivity contribution in [1.82, 2.24) is 15.0 Å². The van der Waals surface area contributed by atoms with Gasteiger partial charge in [0.05, 0.1) is 18.0 Å². The van der Waals surface area contributed by atoms with E-state index in [4.69, 9.17) is 9.26 Å². The number of rotatable bonds is 5. The molecule has 0 bridgehead atoms. The lowest BCUT2D eigenvalue weighted by Gasteiger charge is -2.36. The number of ether oxygens (including phenoxy) is 1. The van der Waals surface area contributed by atoms with Crippen LogP contribution in [0.4, 0.5) is 9.80 Å². The van der Waals surface area contributed by atoms with E-state index in [0.717, 1.165) is 16.3 Å². The molecule has 0 aliphatic carbocycles. The molecule has 1 aliphatic heterocycles. The van der Waals surface area contributed by atoms with Gasteiger partial charge in [0, 0.05) is 25.1 Å². The lowest BCUT2D eigenvalue weighted by molar-refractivity contribution is 0.147. The van der Waals surface area contributed by atoms with Crippen LogP contribution in [-0.4, -0.2) is 41.3 Å². The van der Waals surface area contributed by atoms with Gasteiger partial charge in [0.2, 0.25) is 5.89 Å². The Morgan fingerprint density at radius 2 is 2.19 bits per heavy atom. The molecular formula is C18H18N4O3S. The van der Waals surface area contributed by atoms with Crippen LogP contribution in [0.5, 0.6) is 5.75 Å². The Labute approximate surface area is 154 Å². The molecule has 8 heteroatoms. The van der Waals surface area contributed by atoms with Crippen LogP contribution in [-0.2, 0) is 6.42 Å². The minimum atomic E-state index is -0.0996. The van der Waals surface area contributed by atoms with Crippen LogP contribution in [0.15, 0.2) is 46.3 Å². The zero-order chi connectivity index (χ0) is 17.9. The molecule has 3 aromatic rings. The minimum absolute atomic E-state index is 0.0861. The monoisotopic (exact) mass is 370 g/mol. The molecule has 2 amide bonds. The van der Waals surface area contributed by atoms with E-state index in [2.05, 4.69) is 15.5 Å². The van der Waals surface area contributed by atoms with Crippen molar-refractivity contribution in [3.8, 4) is 5.75 Å². The molecule has 0 unspecified atom stereocenters. The van der Waals surface area contributed by atoms with Crippen molar-refractivity contribution >= 4 is 22.4 Å². The Morgan fingerprint density at radius 1 is 1.35 bits per heavy atom.